The second-order valence-corrected chi connectivity index (χ2v) is 4.12. The van der Waals surface area contributed by atoms with Crippen molar-refractivity contribution in [3.63, 3.8) is 0 Å². The van der Waals surface area contributed by atoms with Crippen molar-refractivity contribution >= 4 is 17.7 Å². The van der Waals surface area contributed by atoms with Gasteiger partial charge in [0.1, 0.15) is 12.3 Å². The molecule has 0 atom stereocenters. The Balaban J connectivity index is 2.99. The second-order valence-electron chi connectivity index (χ2n) is 4.12. The van der Waals surface area contributed by atoms with Crippen molar-refractivity contribution in [1.82, 2.24) is 4.98 Å². The predicted octanol–water partition coefficient (Wildman–Crippen LogP) is 1.55. The van der Waals surface area contributed by atoms with Crippen molar-refractivity contribution in [2.45, 2.75) is 27.7 Å². The molecule has 0 aliphatic rings. The van der Waals surface area contributed by atoms with E-state index in [0.717, 1.165) is 0 Å². The number of H-pyrrole nitrogens is 1. The van der Waals surface area contributed by atoms with Gasteiger partial charge in [-0.05, 0) is 33.3 Å². The first-order valence-electron chi connectivity index (χ1n) is 5.91. The molecule has 6 nitrogen and oxygen atoms in total. The minimum atomic E-state index is -0.628. The van der Waals surface area contributed by atoms with Crippen LogP contribution < -0.4 is 0 Å². The van der Waals surface area contributed by atoms with E-state index < -0.39 is 11.9 Å². The lowest BCUT2D eigenvalue weighted by Gasteiger charge is -2.03. The Kier molecular flexibility index (Phi) is 4.86. The van der Waals surface area contributed by atoms with Crippen LogP contribution in [0.15, 0.2) is 0 Å². The van der Waals surface area contributed by atoms with Crippen LogP contribution in [0.4, 0.5) is 0 Å². The number of hydrogen-bond acceptors (Lipinski definition) is 5. The molecule has 0 saturated carbocycles. The molecule has 6 heteroatoms. The van der Waals surface area contributed by atoms with E-state index in [1.54, 1.807) is 20.8 Å². The number of aromatic amines is 1. The molecule has 0 aliphatic heterocycles. The van der Waals surface area contributed by atoms with Crippen LogP contribution in [0.1, 0.15) is 46.0 Å². The third-order valence-electron chi connectivity index (χ3n) is 2.53. The topological polar surface area (TPSA) is 85.5 Å². The Morgan fingerprint density at radius 2 is 1.74 bits per heavy atom. The fraction of sp³-hybridized carbons (Fsp3) is 0.462. The van der Waals surface area contributed by atoms with E-state index in [2.05, 4.69) is 4.98 Å². The van der Waals surface area contributed by atoms with Crippen LogP contribution in [0, 0.1) is 13.8 Å². The summed E-state index contributed by atoms with van der Waals surface area (Å²) in [5.41, 5.74) is 1.47. The molecule has 1 N–H and O–H groups in total. The molecule has 0 saturated heterocycles. The molecule has 1 rings (SSSR count). The summed E-state index contributed by atoms with van der Waals surface area (Å²) >= 11 is 0. The number of Topliss-reactive ketones (excluding diaryl/α,β-unsaturated/α-hetero) is 1. The van der Waals surface area contributed by atoms with Gasteiger partial charge < -0.3 is 14.5 Å². The van der Waals surface area contributed by atoms with Gasteiger partial charge in [-0.2, -0.15) is 0 Å². The molecule has 0 spiro atoms. The van der Waals surface area contributed by atoms with Gasteiger partial charge in [-0.15, -0.1) is 0 Å². The molecule has 0 aliphatic carbocycles. The largest absolute Gasteiger partial charge is 0.461 e. The van der Waals surface area contributed by atoms with Gasteiger partial charge in [0, 0.05) is 5.69 Å². The summed E-state index contributed by atoms with van der Waals surface area (Å²) < 4.78 is 9.72. The van der Waals surface area contributed by atoms with Crippen LogP contribution in [-0.4, -0.2) is 35.9 Å². The fourth-order valence-electron chi connectivity index (χ4n) is 1.70. The highest BCUT2D eigenvalue weighted by atomic mass is 16.5. The Morgan fingerprint density at radius 1 is 1.11 bits per heavy atom. The highest BCUT2D eigenvalue weighted by Crippen LogP contribution is 2.19. The van der Waals surface area contributed by atoms with Gasteiger partial charge in [-0.25, -0.2) is 9.59 Å². The molecule has 0 fully saturated rings. The number of ketones is 1. The molecular formula is C13H17NO5. The molecule has 0 unspecified atom stereocenters. The summed E-state index contributed by atoms with van der Waals surface area (Å²) in [6.07, 6.45) is 0. The van der Waals surface area contributed by atoms with Crippen LogP contribution in [0.3, 0.4) is 0 Å². The highest BCUT2D eigenvalue weighted by molar-refractivity contribution is 5.99. The lowest BCUT2D eigenvalue weighted by Crippen LogP contribution is -2.13. The van der Waals surface area contributed by atoms with Crippen molar-refractivity contribution in [2.75, 3.05) is 13.2 Å². The first kappa shape index (κ1) is 14.9. The van der Waals surface area contributed by atoms with Crippen LogP contribution >= 0.6 is 0 Å². The predicted molar refractivity (Wildman–Crippen MR) is 67.2 cm³/mol. The zero-order chi connectivity index (χ0) is 14.6. The van der Waals surface area contributed by atoms with E-state index in [9.17, 15) is 14.4 Å². The van der Waals surface area contributed by atoms with Crippen molar-refractivity contribution < 1.29 is 23.9 Å². The van der Waals surface area contributed by atoms with E-state index in [-0.39, 0.29) is 30.3 Å². The maximum absolute atomic E-state index is 11.8. The lowest BCUT2D eigenvalue weighted by atomic mass is 10.1. The van der Waals surface area contributed by atoms with Gasteiger partial charge in [-0.1, -0.05) is 0 Å². The zero-order valence-corrected chi connectivity index (χ0v) is 11.5. The summed E-state index contributed by atoms with van der Waals surface area (Å²) in [6.45, 7) is 6.28. The first-order valence-corrected chi connectivity index (χ1v) is 5.91. The number of esters is 2. The van der Waals surface area contributed by atoms with Crippen molar-refractivity contribution in [2.24, 2.45) is 0 Å². The maximum Gasteiger partial charge on any atom is 0.355 e. The van der Waals surface area contributed by atoms with Crippen molar-refractivity contribution in [3.05, 3.63) is 22.5 Å². The molecule has 104 valence electrons. The van der Waals surface area contributed by atoms with Crippen LogP contribution in [-0.2, 0) is 14.3 Å². The maximum atomic E-state index is 11.8. The Hall–Kier alpha value is -2.11. The molecule has 1 aromatic heterocycles. The first-order chi connectivity index (χ1) is 8.88. The number of carbonyl (C=O) groups is 3. The Morgan fingerprint density at radius 3 is 2.26 bits per heavy atom. The SMILES string of the molecule is CCOC(=O)c1[nH]c(C)c(C(=O)OCC(C)=O)c1C. The normalized spacial score (nSPS) is 10.1. The average molecular weight is 267 g/mol. The van der Waals surface area contributed by atoms with Crippen molar-refractivity contribution in [1.29, 1.82) is 0 Å². The number of aryl methyl sites for hydroxylation is 1. The van der Waals surface area contributed by atoms with Gasteiger partial charge in [0.05, 0.1) is 12.2 Å². The van der Waals surface area contributed by atoms with E-state index in [1.165, 1.54) is 6.92 Å². The fourth-order valence-corrected chi connectivity index (χ4v) is 1.70. The molecule has 1 aromatic rings. The van der Waals surface area contributed by atoms with Gasteiger partial charge in [-0.3, -0.25) is 4.79 Å². The standard InChI is InChI=1S/C13H17NO5/c1-5-18-13(17)11-8(3)10(9(4)14-11)12(16)19-6-7(2)15/h14H,5-6H2,1-4H3. The lowest BCUT2D eigenvalue weighted by molar-refractivity contribution is -0.120. The van der Waals surface area contributed by atoms with Gasteiger partial charge >= 0.3 is 11.9 Å². The second kappa shape index (κ2) is 6.17. The van der Waals surface area contributed by atoms with Gasteiger partial charge in [0.2, 0.25) is 0 Å². The van der Waals surface area contributed by atoms with Crippen LogP contribution in [0.5, 0.6) is 0 Å². The number of carbonyl (C=O) groups excluding carboxylic acids is 3. The molecule has 1 heterocycles. The van der Waals surface area contributed by atoms with Gasteiger partial charge in [0.25, 0.3) is 0 Å². The number of rotatable bonds is 5. The Bertz CT molecular complexity index is 515. The zero-order valence-electron chi connectivity index (χ0n) is 11.5. The summed E-state index contributed by atoms with van der Waals surface area (Å²) in [6, 6.07) is 0. The average Bonchev–Trinajstić information content (AvgIpc) is 2.62. The van der Waals surface area contributed by atoms with Gasteiger partial charge in [0.15, 0.2) is 5.78 Å². The number of ether oxygens (including phenoxy) is 2. The van der Waals surface area contributed by atoms with E-state index in [1.807, 2.05) is 0 Å². The number of nitrogens with one attached hydrogen (secondary N) is 1. The van der Waals surface area contributed by atoms with Crippen molar-refractivity contribution in [3.8, 4) is 0 Å². The highest BCUT2D eigenvalue weighted by Gasteiger charge is 2.23. The molecule has 0 amide bonds. The third-order valence-corrected chi connectivity index (χ3v) is 2.53. The molecule has 0 aromatic carbocycles. The number of hydrogen-bond donors (Lipinski definition) is 1. The summed E-state index contributed by atoms with van der Waals surface area (Å²) in [7, 11) is 0. The monoisotopic (exact) mass is 267 g/mol. The quantitative estimate of drug-likeness (QED) is 0.818. The van der Waals surface area contributed by atoms with E-state index >= 15 is 0 Å². The number of aromatic nitrogens is 1. The van der Waals surface area contributed by atoms with Crippen LogP contribution in [0.25, 0.3) is 0 Å². The summed E-state index contributed by atoms with van der Waals surface area (Å²) in [4.78, 5) is 37.1. The molecule has 0 bridgehead atoms. The molecular weight excluding hydrogens is 250 g/mol. The Labute approximate surface area is 111 Å². The minimum Gasteiger partial charge on any atom is -0.461 e. The summed E-state index contributed by atoms with van der Waals surface area (Å²) in [5, 5.41) is 0. The third kappa shape index (κ3) is 3.43. The molecule has 19 heavy (non-hydrogen) atoms. The minimum absolute atomic E-state index is 0.231. The van der Waals surface area contributed by atoms with E-state index in [4.69, 9.17) is 9.47 Å². The van der Waals surface area contributed by atoms with Crippen LogP contribution in [0.2, 0.25) is 0 Å². The molecule has 0 radical (unpaired) electrons. The summed E-state index contributed by atoms with van der Waals surface area (Å²) in [5.74, 6) is -1.39. The van der Waals surface area contributed by atoms with E-state index in [0.29, 0.717) is 11.3 Å². The smallest absolute Gasteiger partial charge is 0.355 e.